The fourth-order valence-electron chi connectivity index (χ4n) is 6.05. The molecule has 2 aliphatic rings. The van der Waals surface area contributed by atoms with Gasteiger partial charge in [0.25, 0.3) is 0 Å². The molecular weight excluding hydrogens is 512 g/mol. The monoisotopic (exact) mass is 554 g/mol. The van der Waals surface area contributed by atoms with Crippen molar-refractivity contribution in [1.29, 1.82) is 0 Å². The van der Waals surface area contributed by atoms with E-state index in [9.17, 15) is 18.0 Å². The maximum absolute atomic E-state index is 13.9. The van der Waals surface area contributed by atoms with Gasteiger partial charge in [0.15, 0.2) is 0 Å². The fraction of sp³-hybridized carbons (Fsp3) is 0.533. The minimum atomic E-state index is -3.97. The molecule has 2 atom stereocenters. The van der Waals surface area contributed by atoms with Gasteiger partial charge >= 0.3 is 6.03 Å². The van der Waals surface area contributed by atoms with Gasteiger partial charge in [-0.1, -0.05) is 67.3 Å². The molecule has 1 aliphatic carbocycles. The third-order valence-electron chi connectivity index (χ3n) is 7.88. The zero-order valence-corrected chi connectivity index (χ0v) is 24.4. The summed E-state index contributed by atoms with van der Waals surface area (Å²) in [6, 6.07) is 12.1. The minimum absolute atomic E-state index is 0.0756. The van der Waals surface area contributed by atoms with E-state index in [0.29, 0.717) is 30.8 Å². The number of sulfonamides is 1. The summed E-state index contributed by atoms with van der Waals surface area (Å²) in [4.78, 5) is 30.5. The van der Waals surface area contributed by atoms with Gasteiger partial charge in [0.2, 0.25) is 15.9 Å². The standard InChI is InChI=1S/C30H42N4O4S/c1-21-17-22(2)28(23(3)18-21)39(37,38)32-27(19-25-11-7-5-8-12-25)29(35)33-15-16-34(24(4)20-33)30(36)31-26-13-9-6-10-14-26/h5,7-8,11-12,17-18,24,26-27,32H,6,9-10,13-16,19-20H2,1-4H3,(H,31,36). The number of carbonyl (C=O) groups excluding carboxylic acids is 2. The maximum Gasteiger partial charge on any atom is 0.317 e. The van der Waals surface area contributed by atoms with Crippen molar-refractivity contribution in [2.75, 3.05) is 19.6 Å². The van der Waals surface area contributed by atoms with Gasteiger partial charge in [0.05, 0.1) is 4.90 Å². The zero-order valence-electron chi connectivity index (χ0n) is 23.6. The Morgan fingerprint density at radius 1 is 0.974 bits per heavy atom. The molecule has 1 saturated carbocycles. The van der Waals surface area contributed by atoms with E-state index in [1.54, 1.807) is 23.6 Å². The molecule has 0 bridgehead atoms. The number of hydrogen-bond donors (Lipinski definition) is 2. The molecule has 2 unspecified atom stereocenters. The molecule has 39 heavy (non-hydrogen) atoms. The number of hydrogen-bond acceptors (Lipinski definition) is 4. The second-order valence-corrected chi connectivity index (χ2v) is 12.9. The number of nitrogens with one attached hydrogen (secondary N) is 2. The third-order valence-corrected chi connectivity index (χ3v) is 9.66. The van der Waals surface area contributed by atoms with Gasteiger partial charge in [0, 0.05) is 31.7 Å². The van der Waals surface area contributed by atoms with Crippen LogP contribution in [0.15, 0.2) is 47.4 Å². The smallest absolute Gasteiger partial charge is 0.317 e. The van der Waals surface area contributed by atoms with Crippen LogP contribution in [0.3, 0.4) is 0 Å². The highest BCUT2D eigenvalue weighted by Gasteiger charge is 2.36. The number of carbonyl (C=O) groups is 2. The van der Waals surface area contributed by atoms with Gasteiger partial charge < -0.3 is 15.1 Å². The lowest BCUT2D eigenvalue weighted by Crippen LogP contribution is -2.61. The molecular formula is C30H42N4O4S. The summed E-state index contributed by atoms with van der Waals surface area (Å²) in [5.41, 5.74) is 3.16. The first-order valence-electron chi connectivity index (χ1n) is 14.0. The summed E-state index contributed by atoms with van der Waals surface area (Å²) in [7, 11) is -3.97. The number of urea groups is 1. The van der Waals surface area contributed by atoms with Gasteiger partial charge in [-0.3, -0.25) is 4.79 Å². The summed E-state index contributed by atoms with van der Waals surface area (Å²) in [5, 5.41) is 3.17. The minimum Gasteiger partial charge on any atom is -0.337 e. The van der Waals surface area contributed by atoms with Crippen LogP contribution in [0.1, 0.15) is 61.3 Å². The lowest BCUT2D eigenvalue weighted by atomic mass is 9.96. The first-order valence-corrected chi connectivity index (χ1v) is 15.5. The van der Waals surface area contributed by atoms with Crippen molar-refractivity contribution >= 4 is 22.0 Å². The first-order chi connectivity index (χ1) is 18.5. The Morgan fingerprint density at radius 2 is 1.62 bits per heavy atom. The molecule has 1 aliphatic heterocycles. The normalized spacial score (nSPS) is 19.5. The molecule has 1 heterocycles. The van der Waals surface area contributed by atoms with E-state index in [1.807, 2.05) is 56.3 Å². The number of piperazine rings is 1. The van der Waals surface area contributed by atoms with Crippen molar-refractivity contribution in [1.82, 2.24) is 19.8 Å². The quantitative estimate of drug-likeness (QED) is 0.539. The molecule has 2 fully saturated rings. The molecule has 4 rings (SSSR count). The molecule has 8 nitrogen and oxygen atoms in total. The molecule has 1 saturated heterocycles. The predicted octanol–water partition coefficient (Wildman–Crippen LogP) is 4.08. The number of nitrogens with zero attached hydrogens (tertiary/aromatic N) is 2. The zero-order chi connectivity index (χ0) is 28.2. The van der Waals surface area contributed by atoms with Crippen LogP contribution in [-0.4, -0.2) is 67.9 Å². The van der Waals surface area contributed by atoms with E-state index in [0.717, 1.165) is 36.8 Å². The van der Waals surface area contributed by atoms with Gasteiger partial charge in [-0.15, -0.1) is 0 Å². The van der Waals surface area contributed by atoms with Crippen LogP contribution in [0.25, 0.3) is 0 Å². The Bertz CT molecular complexity index is 1250. The Hall–Kier alpha value is -2.91. The highest BCUT2D eigenvalue weighted by atomic mass is 32.2. The molecule has 0 spiro atoms. The van der Waals surface area contributed by atoms with Crippen molar-refractivity contribution < 1.29 is 18.0 Å². The largest absolute Gasteiger partial charge is 0.337 e. The van der Waals surface area contributed by atoms with E-state index in [4.69, 9.17) is 0 Å². The van der Waals surface area contributed by atoms with E-state index in [2.05, 4.69) is 10.0 Å². The SMILES string of the molecule is Cc1cc(C)c(S(=O)(=O)NC(Cc2ccccc2)C(=O)N2CCN(C(=O)NC3CCCCC3)C(C)C2)c(C)c1. The average Bonchev–Trinajstić information content (AvgIpc) is 2.88. The molecule has 2 aromatic carbocycles. The van der Waals surface area contributed by atoms with Crippen molar-refractivity contribution in [2.24, 2.45) is 0 Å². The Labute approximate surface area is 233 Å². The van der Waals surface area contributed by atoms with Crippen LogP contribution in [0.2, 0.25) is 0 Å². The van der Waals surface area contributed by atoms with Crippen LogP contribution >= 0.6 is 0 Å². The summed E-state index contributed by atoms with van der Waals surface area (Å²) in [6.07, 6.45) is 5.77. The van der Waals surface area contributed by atoms with E-state index >= 15 is 0 Å². The third kappa shape index (κ3) is 7.19. The second-order valence-electron chi connectivity index (χ2n) is 11.2. The van der Waals surface area contributed by atoms with E-state index in [-0.39, 0.29) is 35.3 Å². The second kappa shape index (κ2) is 12.5. The highest BCUT2D eigenvalue weighted by molar-refractivity contribution is 7.89. The van der Waals surface area contributed by atoms with E-state index in [1.165, 1.54) is 6.42 Å². The Morgan fingerprint density at radius 3 is 2.23 bits per heavy atom. The first kappa shape index (κ1) is 29.1. The molecule has 2 N–H and O–H groups in total. The van der Waals surface area contributed by atoms with Gasteiger partial charge in [-0.2, -0.15) is 4.72 Å². The average molecular weight is 555 g/mol. The van der Waals surface area contributed by atoms with Crippen LogP contribution in [0, 0.1) is 20.8 Å². The number of rotatable bonds is 7. The maximum atomic E-state index is 13.9. The molecule has 9 heteroatoms. The number of benzene rings is 2. The number of amides is 3. The topological polar surface area (TPSA) is 98.8 Å². The van der Waals surface area contributed by atoms with Crippen molar-refractivity contribution in [3.8, 4) is 0 Å². The summed E-state index contributed by atoms with van der Waals surface area (Å²) in [6.45, 7) is 8.55. The van der Waals surface area contributed by atoms with Crippen LogP contribution in [-0.2, 0) is 21.2 Å². The number of aryl methyl sites for hydroxylation is 3. The molecule has 2 aromatic rings. The summed E-state index contributed by atoms with van der Waals surface area (Å²) >= 11 is 0. The van der Waals surface area contributed by atoms with Crippen molar-refractivity contribution in [2.45, 2.75) is 89.2 Å². The van der Waals surface area contributed by atoms with Crippen LogP contribution < -0.4 is 10.0 Å². The van der Waals surface area contributed by atoms with E-state index < -0.39 is 16.1 Å². The van der Waals surface area contributed by atoms with Crippen molar-refractivity contribution in [3.63, 3.8) is 0 Å². The summed E-state index contributed by atoms with van der Waals surface area (Å²) < 4.78 is 30.0. The van der Waals surface area contributed by atoms with Gasteiger partial charge in [-0.25, -0.2) is 13.2 Å². The Balaban J connectivity index is 1.50. The molecule has 0 aromatic heterocycles. The van der Waals surface area contributed by atoms with Gasteiger partial charge in [-0.05, 0) is 63.6 Å². The summed E-state index contributed by atoms with van der Waals surface area (Å²) in [5.74, 6) is -0.274. The molecule has 0 radical (unpaired) electrons. The Kier molecular flexibility index (Phi) is 9.33. The predicted molar refractivity (Wildman–Crippen MR) is 153 cm³/mol. The highest BCUT2D eigenvalue weighted by Crippen LogP contribution is 2.23. The van der Waals surface area contributed by atoms with Crippen molar-refractivity contribution in [3.05, 3.63) is 64.7 Å². The lowest BCUT2D eigenvalue weighted by molar-refractivity contribution is -0.135. The van der Waals surface area contributed by atoms with Gasteiger partial charge in [0.1, 0.15) is 6.04 Å². The molecule has 3 amide bonds. The molecule has 212 valence electrons. The van der Waals surface area contributed by atoms with Crippen LogP contribution in [0.4, 0.5) is 4.79 Å². The fourth-order valence-corrected chi connectivity index (χ4v) is 7.69. The lowest BCUT2D eigenvalue weighted by Gasteiger charge is -2.41. The van der Waals surface area contributed by atoms with Crippen LogP contribution in [0.5, 0.6) is 0 Å².